The summed E-state index contributed by atoms with van der Waals surface area (Å²) in [5.41, 5.74) is 1.77. The lowest BCUT2D eigenvalue weighted by Gasteiger charge is -2.11. The number of hydrogen-bond acceptors (Lipinski definition) is 3. The average Bonchev–Trinajstić information content (AvgIpc) is 2.67. The molecule has 1 aromatic heterocycles. The molecule has 0 radical (unpaired) electrons. The van der Waals surface area contributed by atoms with Gasteiger partial charge in [0.05, 0.1) is 16.6 Å². The summed E-state index contributed by atoms with van der Waals surface area (Å²) in [5.74, 6) is 0.526. The van der Waals surface area contributed by atoms with E-state index < -0.39 is 0 Å². The van der Waals surface area contributed by atoms with Crippen LogP contribution in [0, 0.1) is 0 Å². The molecular weight excluding hydrogens is 360 g/mol. The first-order valence-electron chi connectivity index (χ1n) is 8.37. The molecule has 0 aliphatic rings. The van der Waals surface area contributed by atoms with E-state index >= 15 is 0 Å². The number of nitrogens with zero attached hydrogens (tertiary/aromatic N) is 2. The van der Waals surface area contributed by atoms with E-state index in [4.69, 9.17) is 11.6 Å². The Labute approximate surface area is 160 Å². The lowest BCUT2D eigenvalue weighted by atomic mass is 10.2. The van der Waals surface area contributed by atoms with Gasteiger partial charge in [0, 0.05) is 11.1 Å². The molecule has 27 heavy (non-hydrogen) atoms. The maximum absolute atomic E-state index is 13.1. The van der Waals surface area contributed by atoms with Crippen molar-refractivity contribution in [2.45, 2.75) is 0 Å². The molecule has 4 aromatic rings. The lowest BCUT2D eigenvalue weighted by molar-refractivity contribution is 0.475. The highest BCUT2D eigenvalue weighted by Crippen LogP contribution is 2.20. The number of aromatic nitrogens is 2. The van der Waals surface area contributed by atoms with Crippen molar-refractivity contribution < 1.29 is 5.11 Å². The third-order valence-corrected chi connectivity index (χ3v) is 4.55. The van der Waals surface area contributed by atoms with E-state index in [-0.39, 0.29) is 11.3 Å². The van der Waals surface area contributed by atoms with Crippen molar-refractivity contribution in [3.05, 3.63) is 99.6 Å². The second kappa shape index (κ2) is 7.09. The van der Waals surface area contributed by atoms with Crippen LogP contribution < -0.4 is 5.56 Å². The summed E-state index contributed by atoms with van der Waals surface area (Å²) < 4.78 is 1.48. The zero-order chi connectivity index (χ0) is 18.8. The molecule has 0 atom stereocenters. The summed E-state index contributed by atoms with van der Waals surface area (Å²) >= 11 is 6.22. The molecule has 0 spiro atoms. The first-order chi connectivity index (χ1) is 13.1. The van der Waals surface area contributed by atoms with Crippen molar-refractivity contribution in [3.63, 3.8) is 0 Å². The van der Waals surface area contributed by atoms with E-state index in [0.717, 1.165) is 5.56 Å². The van der Waals surface area contributed by atoms with Crippen LogP contribution in [0.1, 0.15) is 11.4 Å². The van der Waals surface area contributed by atoms with Gasteiger partial charge in [0.1, 0.15) is 11.6 Å². The largest absolute Gasteiger partial charge is 0.508 e. The fourth-order valence-corrected chi connectivity index (χ4v) is 3.12. The molecule has 0 saturated heterocycles. The van der Waals surface area contributed by atoms with Gasteiger partial charge in [0.15, 0.2) is 0 Å². The zero-order valence-corrected chi connectivity index (χ0v) is 15.0. The summed E-state index contributed by atoms with van der Waals surface area (Å²) in [6, 6.07) is 21.2. The van der Waals surface area contributed by atoms with Gasteiger partial charge in [-0.1, -0.05) is 48.0 Å². The molecule has 132 valence electrons. The predicted octanol–water partition coefficient (Wildman–Crippen LogP) is 4.92. The van der Waals surface area contributed by atoms with Gasteiger partial charge in [-0.05, 0) is 48.0 Å². The molecule has 0 aliphatic carbocycles. The van der Waals surface area contributed by atoms with Crippen LogP contribution in [-0.2, 0) is 0 Å². The zero-order valence-electron chi connectivity index (χ0n) is 14.2. The summed E-state index contributed by atoms with van der Waals surface area (Å²) in [7, 11) is 0. The number of phenols is 1. The van der Waals surface area contributed by atoms with Crippen LogP contribution in [0.5, 0.6) is 5.75 Å². The van der Waals surface area contributed by atoms with Gasteiger partial charge in [-0.25, -0.2) is 4.98 Å². The minimum Gasteiger partial charge on any atom is -0.508 e. The number of benzene rings is 3. The number of para-hydroxylation sites is 1. The van der Waals surface area contributed by atoms with E-state index in [1.807, 2.05) is 30.3 Å². The third-order valence-electron chi connectivity index (χ3n) is 4.21. The lowest BCUT2D eigenvalue weighted by Crippen LogP contribution is -2.22. The Bertz CT molecular complexity index is 1230. The van der Waals surface area contributed by atoms with Crippen LogP contribution in [0.15, 0.2) is 77.6 Å². The van der Waals surface area contributed by atoms with E-state index in [1.165, 1.54) is 10.6 Å². The summed E-state index contributed by atoms with van der Waals surface area (Å²) in [6.07, 6.45) is 3.57. The van der Waals surface area contributed by atoms with Crippen LogP contribution in [0.4, 0.5) is 0 Å². The molecule has 5 heteroatoms. The molecule has 1 N–H and O–H groups in total. The first-order valence-corrected chi connectivity index (χ1v) is 8.75. The van der Waals surface area contributed by atoms with E-state index in [2.05, 4.69) is 4.98 Å². The summed E-state index contributed by atoms with van der Waals surface area (Å²) in [6.45, 7) is 0. The molecular formula is C22H15ClN2O2. The van der Waals surface area contributed by atoms with Gasteiger partial charge in [-0.2, -0.15) is 0 Å². The Kier molecular flexibility index (Phi) is 4.48. The highest BCUT2D eigenvalue weighted by atomic mass is 35.5. The van der Waals surface area contributed by atoms with E-state index in [0.29, 0.717) is 27.4 Å². The van der Waals surface area contributed by atoms with Crippen LogP contribution >= 0.6 is 11.6 Å². The molecule has 0 amide bonds. The second-order valence-corrected chi connectivity index (χ2v) is 6.41. The Morgan fingerprint density at radius 1 is 0.926 bits per heavy atom. The SMILES string of the molecule is O=c1c2ccccc2nc(C=Cc2ccccc2Cl)n1-c1cccc(O)c1. The minimum atomic E-state index is -0.204. The quantitative estimate of drug-likeness (QED) is 0.554. The number of rotatable bonds is 3. The van der Waals surface area contributed by atoms with Gasteiger partial charge in [-0.15, -0.1) is 0 Å². The Morgan fingerprint density at radius 3 is 2.52 bits per heavy atom. The van der Waals surface area contributed by atoms with Crippen molar-refractivity contribution in [2.75, 3.05) is 0 Å². The second-order valence-electron chi connectivity index (χ2n) is 6.00. The number of phenolic OH excluding ortho intramolecular Hbond substituents is 1. The molecule has 0 bridgehead atoms. The fraction of sp³-hybridized carbons (Fsp3) is 0. The topological polar surface area (TPSA) is 55.1 Å². The third kappa shape index (κ3) is 3.35. The average molecular weight is 375 g/mol. The number of halogens is 1. The van der Waals surface area contributed by atoms with Crippen molar-refractivity contribution >= 4 is 34.7 Å². The fourth-order valence-electron chi connectivity index (χ4n) is 2.92. The van der Waals surface area contributed by atoms with Crippen molar-refractivity contribution in [2.24, 2.45) is 0 Å². The molecule has 4 nitrogen and oxygen atoms in total. The highest BCUT2D eigenvalue weighted by molar-refractivity contribution is 6.32. The van der Waals surface area contributed by atoms with Gasteiger partial charge < -0.3 is 5.11 Å². The molecule has 1 heterocycles. The smallest absolute Gasteiger partial charge is 0.266 e. The van der Waals surface area contributed by atoms with Crippen molar-refractivity contribution in [3.8, 4) is 11.4 Å². The maximum Gasteiger partial charge on any atom is 0.266 e. The molecule has 0 fully saturated rings. The Morgan fingerprint density at radius 2 is 1.70 bits per heavy atom. The van der Waals surface area contributed by atoms with Gasteiger partial charge in [-0.3, -0.25) is 9.36 Å². The molecule has 0 unspecified atom stereocenters. The molecule has 4 rings (SSSR count). The van der Waals surface area contributed by atoms with Crippen molar-refractivity contribution in [1.29, 1.82) is 0 Å². The monoisotopic (exact) mass is 374 g/mol. The molecule has 0 saturated carbocycles. The van der Waals surface area contributed by atoms with Gasteiger partial charge in [0.2, 0.25) is 0 Å². The first kappa shape index (κ1) is 17.1. The Hall–Kier alpha value is -3.37. The normalized spacial score (nSPS) is 11.3. The highest BCUT2D eigenvalue weighted by Gasteiger charge is 2.11. The van der Waals surface area contributed by atoms with Crippen LogP contribution in [0.25, 0.3) is 28.7 Å². The Balaban J connectivity index is 1.97. The number of aromatic hydroxyl groups is 1. The van der Waals surface area contributed by atoms with E-state index in [1.54, 1.807) is 48.5 Å². The minimum absolute atomic E-state index is 0.0774. The maximum atomic E-state index is 13.1. The number of fused-ring (bicyclic) bond motifs is 1. The van der Waals surface area contributed by atoms with Crippen LogP contribution in [0.3, 0.4) is 0 Å². The van der Waals surface area contributed by atoms with Crippen molar-refractivity contribution in [1.82, 2.24) is 9.55 Å². The van der Waals surface area contributed by atoms with E-state index in [9.17, 15) is 9.90 Å². The predicted molar refractivity (Wildman–Crippen MR) is 109 cm³/mol. The molecule has 3 aromatic carbocycles. The van der Waals surface area contributed by atoms with Crippen LogP contribution in [0.2, 0.25) is 5.02 Å². The van der Waals surface area contributed by atoms with Crippen LogP contribution in [-0.4, -0.2) is 14.7 Å². The summed E-state index contributed by atoms with van der Waals surface area (Å²) in [5, 5.41) is 11.0. The van der Waals surface area contributed by atoms with Gasteiger partial charge in [0.25, 0.3) is 5.56 Å². The van der Waals surface area contributed by atoms with Gasteiger partial charge >= 0.3 is 0 Å². The molecule has 0 aliphatic heterocycles. The number of hydrogen-bond donors (Lipinski definition) is 1. The summed E-state index contributed by atoms with van der Waals surface area (Å²) in [4.78, 5) is 17.8. The standard InChI is InChI=1S/C22H15ClN2O2/c23-19-10-3-1-6-15(19)12-13-21-24-20-11-4-2-9-18(20)22(27)25(21)16-7-5-8-17(26)14-16/h1-14,26H.